The number of ketones is 1. The highest BCUT2D eigenvalue weighted by Gasteiger charge is 2.47. The molecule has 2 aliphatic heterocycles. The summed E-state index contributed by atoms with van der Waals surface area (Å²) in [6.07, 6.45) is 0. The van der Waals surface area contributed by atoms with Crippen molar-refractivity contribution in [3.63, 3.8) is 0 Å². The van der Waals surface area contributed by atoms with Gasteiger partial charge in [0.2, 0.25) is 0 Å². The number of aliphatic hydroxyl groups is 1. The molecule has 2 heterocycles. The van der Waals surface area contributed by atoms with Gasteiger partial charge in [0.25, 0.3) is 17.6 Å². The fraction of sp³-hybridized carbons (Fsp3) is 0.0278. The number of fused-ring (bicyclic) bond motifs is 4. The monoisotopic (exact) mass is 662 g/mol. The first-order valence-electron chi connectivity index (χ1n) is 14.4. The first-order chi connectivity index (χ1) is 22.6. The molecule has 0 aliphatic carbocycles. The van der Waals surface area contributed by atoms with Crippen molar-refractivity contribution in [3.05, 3.63) is 148 Å². The molecule has 1 atom stereocenters. The van der Waals surface area contributed by atoms with Gasteiger partial charge in [-0.25, -0.2) is 0 Å². The maximum Gasteiger partial charge on any atom is 0.489 e. The molecule has 0 spiro atoms. The smallest absolute Gasteiger partial charge is 0.423 e. The van der Waals surface area contributed by atoms with Crippen molar-refractivity contribution in [2.45, 2.75) is 5.60 Å². The van der Waals surface area contributed by atoms with Crippen LogP contribution in [0.2, 0.25) is 10.0 Å². The number of Topliss-reactive ketones (excluding diaryl/α,β-unsaturated/α-hetero) is 1. The lowest BCUT2D eigenvalue weighted by atomic mass is 9.77. The van der Waals surface area contributed by atoms with Crippen LogP contribution in [0, 0.1) is 0 Å². The molecule has 2 aliphatic rings. The highest BCUT2D eigenvalue weighted by molar-refractivity contribution is 6.62. The van der Waals surface area contributed by atoms with Crippen molar-refractivity contribution in [1.82, 2.24) is 0 Å². The molecule has 1 unspecified atom stereocenters. The second-order valence-corrected chi connectivity index (χ2v) is 11.7. The Labute approximate surface area is 279 Å². The normalized spacial score (nSPS) is 15.9. The van der Waals surface area contributed by atoms with Gasteiger partial charge >= 0.3 is 7.12 Å². The summed E-state index contributed by atoms with van der Waals surface area (Å²) in [7, 11) is -1.40. The van der Waals surface area contributed by atoms with E-state index in [1.807, 2.05) is 72.8 Å². The number of hydrogen-bond donors (Lipinski definition) is 5. The summed E-state index contributed by atoms with van der Waals surface area (Å²) in [6.45, 7) is 0. The summed E-state index contributed by atoms with van der Waals surface area (Å²) in [6, 6.07) is 36.1. The molecule has 0 fully saturated rings. The number of benzene rings is 6. The zero-order chi connectivity index (χ0) is 33.3. The zero-order valence-electron chi connectivity index (χ0n) is 24.4. The van der Waals surface area contributed by atoms with Crippen LogP contribution in [0.15, 0.2) is 121 Å². The minimum absolute atomic E-state index is 0.354. The van der Waals surface area contributed by atoms with Gasteiger partial charge in [-0.1, -0.05) is 108 Å². The van der Waals surface area contributed by atoms with E-state index in [2.05, 4.69) is 10.6 Å². The van der Waals surface area contributed by atoms with E-state index < -0.39 is 30.3 Å². The SMILES string of the molecule is O=C1Nc2ccc(Cl)cc2C1(O)c1cccc2ccccc12.O=C1Nc2ccc(Cl)cc2C1=O.OB(O)c1cccc2ccccc12. The molecule has 2 amide bonds. The van der Waals surface area contributed by atoms with Crippen molar-refractivity contribution in [1.29, 1.82) is 0 Å². The summed E-state index contributed by atoms with van der Waals surface area (Å²) in [5, 5.41) is 39.2. The molecule has 47 heavy (non-hydrogen) atoms. The fourth-order valence-corrected chi connectivity index (χ4v) is 6.00. The standard InChI is InChI=1S/C18H12ClNO2.C10H9BO2.C8H4ClNO2/c19-12-8-9-16-15(10-12)18(22,17(21)20-16)14-7-3-5-11-4-1-2-6-13(11)14;12-11(13)10-7-3-5-8-4-1-2-6-9(8)10;9-4-1-2-6-5(3-4)7(11)8(12)10-6/h1-10,22H,(H,20,21);1-7,12-13H;1-3H,(H,10,11,12). The maximum atomic E-state index is 12.5. The molecule has 232 valence electrons. The number of nitrogens with one attached hydrogen (secondary N) is 2. The maximum absolute atomic E-state index is 12.5. The first-order valence-corrected chi connectivity index (χ1v) is 15.1. The number of anilines is 2. The second kappa shape index (κ2) is 13.0. The van der Waals surface area contributed by atoms with Crippen LogP contribution in [0.4, 0.5) is 11.4 Å². The Bertz CT molecular complexity index is 2200. The van der Waals surface area contributed by atoms with Crippen LogP contribution in [0.5, 0.6) is 0 Å². The molecule has 0 saturated carbocycles. The minimum Gasteiger partial charge on any atom is -0.423 e. The lowest BCUT2D eigenvalue weighted by molar-refractivity contribution is -0.129. The zero-order valence-corrected chi connectivity index (χ0v) is 26.0. The number of carbonyl (C=O) groups excluding carboxylic acids is 3. The van der Waals surface area contributed by atoms with Crippen LogP contribution in [0.25, 0.3) is 21.5 Å². The Kier molecular flexibility index (Phi) is 8.83. The summed E-state index contributed by atoms with van der Waals surface area (Å²) < 4.78 is 0. The van der Waals surface area contributed by atoms with E-state index in [-0.39, 0.29) is 0 Å². The Morgan fingerprint density at radius 1 is 0.596 bits per heavy atom. The van der Waals surface area contributed by atoms with Gasteiger partial charge in [0.05, 0.1) is 11.3 Å². The fourth-order valence-electron chi connectivity index (χ4n) is 5.66. The predicted molar refractivity (Wildman–Crippen MR) is 185 cm³/mol. The molecule has 6 aromatic rings. The number of halogens is 2. The van der Waals surface area contributed by atoms with E-state index in [1.54, 1.807) is 42.5 Å². The van der Waals surface area contributed by atoms with Crippen molar-refractivity contribution in [2.24, 2.45) is 0 Å². The van der Waals surface area contributed by atoms with E-state index in [0.29, 0.717) is 43.6 Å². The molecule has 5 N–H and O–H groups in total. The number of hydrogen-bond acceptors (Lipinski definition) is 6. The second-order valence-electron chi connectivity index (χ2n) is 10.8. The average molecular weight is 663 g/mol. The van der Waals surface area contributed by atoms with E-state index in [4.69, 9.17) is 33.2 Å². The van der Waals surface area contributed by atoms with Crippen molar-refractivity contribution < 1.29 is 29.5 Å². The van der Waals surface area contributed by atoms with Crippen LogP contribution >= 0.6 is 23.2 Å². The summed E-state index contributed by atoms with van der Waals surface area (Å²) in [5.74, 6) is -1.57. The Hall–Kier alpha value is -5.03. The summed E-state index contributed by atoms with van der Waals surface area (Å²) in [4.78, 5) is 34.4. The highest BCUT2D eigenvalue weighted by atomic mass is 35.5. The Morgan fingerprint density at radius 3 is 1.87 bits per heavy atom. The van der Waals surface area contributed by atoms with E-state index in [9.17, 15) is 19.5 Å². The van der Waals surface area contributed by atoms with Gasteiger partial charge in [0.15, 0.2) is 5.60 Å². The van der Waals surface area contributed by atoms with Crippen LogP contribution in [-0.4, -0.2) is 39.9 Å². The Morgan fingerprint density at radius 2 is 1.17 bits per heavy atom. The molecule has 0 bridgehead atoms. The molecule has 11 heteroatoms. The topological polar surface area (TPSA) is 136 Å². The third-order valence-corrected chi connectivity index (χ3v) is 8.38. The third-order valence-electron chi connectivity index (χ3n) is 7.91. The van der Waals surface area contributed by atoms with E-state index in [0.717, 1.165) is 21.5 Å². The molecule has 8 rings (SSSR count). The van der Waals surface area contributed by atoms with Gasteiger partial charge in [-0.15, -0.1) is 0 Å². The number of amides is 2. The lowest BCUT2D eigenvalue weighted by Gasteiger charge is -2.23. The molecule has 6 aromatic carbocycles. The molecular formula is C36H25BCl2N2O6. The van der Waals surface area contributed by atoms with Gasteiger partial charge in [-0.2, -0.15) is 0 Å². The molecule has 0 radical (unpaired) electrons. The van der Waals surface area contributed by atoms with Gasteiger partial charge < -0.3 is 25.8 Å². The molecule has 0 saturated heterocycles. The summed E-state index contributed by atoms with van der Waals surface area (Å²) >= 11 is 11.7. The van der Waals surface area contributed by atoms with Crippen molar-refractivity contribution >= 4 is 86.3 Å². The predicted octanol–water partition coefficient (Wildman–Crippen LogP) is 5.68. The van der Waals surface area contributed by atoms with Crippen LogP contribution < -0.4 is 16.1 Å². The van der Waals surface area contributed by atoms with Gasteiger partial charge in [-0.3, -0.25) is 14.4 Å². The third kappa shape index (κ3) is 6.10. The van der Waals surface area contributed by atoms with Crippen molar-refractivity contribution in [3.8, 4) is 0 Å². The van der Waals surface area contributed by atoms with Crippen LogP contribution in [-0.2, 0) is 15.2 Å². The van der Waals surface area contributed by atoms with Crippen LogP contribution in [0.3, 0.4) is 0 Å². The number of rotatable bonds is 2. The van der Waals surface area contributed by atoms with Gasteiger partial charge in [-0.05, 0) is 63.4 Å². The lowest BCUT2D eigenvalue weighted by Crippen LogP contribution is -2.35. The first kappa shape index (κ1) is 31.9. The average Bonchev–Trinajstić information content (AvgIpc) is 3.51. The highest BCUT2D eigenvalue weighted by Crippen LogP contribution is 2.44. The molecular weight excluding hydrogens is 638 g/mol. The quantitative estimate of drug-likeness (QED) is 0.120. The van der Waals surface area contributed by atoms with Crippen LogP contribution in [0.1, 0.15) is 21.5 Å². The van der Waals surface area contributed by atoms with E-state index in [1.165, 1.54) is 6.07 Å². The van der Waals surface area contributed by atoms with E-state index >= 15 is 0 Å². The number of carbonyl (C=O) groups is 3. The largest absolute Gasteiger partial charge is 0.489 e. The van der Waals surface area contributed by atoms with Crippen molar-refractivity contribution in [2.75, 3.05) is 10.6 Å². The van der Waals surface area contributed by atoms with Gasteiger partial charge in [0.1, 0.15) is 0 Å². The Balaban J connectivity index is 0.000000132. The minimum atomic E-state index is -1.74. The molecule has 8 nitrogen and oxygen atoms in total. The van der Waals surface area contributed by atoms with Gasteiger partial charge in [0, 0.05) is 26.9 Å². The molecule has 0 aromatic heterocycles. The summed E-state index contributed by atoms with van der Waals surface area (Å²) in [5.41, 5.74) is 1.34.